The third-order valence-corrected chi connectivity index (χ3v) is 3.96. The Morgan fingerprint density at radius 2 is 1.80 bits per heavy atom. The van der Waals surface area contributed by atoms with E-state index in [1.165, 1.54) is 4.90 Å². The molecule has 0 saturated carbocycles. The second-order valence-corrected chi connectivity index (χ2v) is 6.00. The molecular weight excluding hydrogens is 290 g/mol. The summed E-state index contributed by atoms with van der Waals surface area (Å²) >= 11 is 7.95. The summed E-state index contributed by atoms with van der Waals surface area (Å²) < 4.78 is 5.79. The predicted octanol–water partition coefficient (Wildman–Crippen LogP) is 4.74. The topological polar surface area (TPSA) is 35.2 Å². The predicted molar refractivity (Wildman–Crippen MR) is 87.1 cm³/mol. The van der Waals surface area contributed by atoms with E-state index >= 15 is 0 Å². The number of thioether (sulfide) groups is 1. The number of hydrogen-bond acceptors (Lipinski definition) is 3. The minimum atomic E-state index is 0.0957. The molecule has 2 nitrogen and oxygen atoms in total. The molecule has 2 aromatic rings. The van der Waals surface area contributed by atoms with Crippen LogP contribution in [0, 0.1) is 0 Å². The van der Waals surface area contributed by atoms with Crippen LogP contribution in [-0.2, 0) is 6.42 Å². The Morgan fingerprint density at radius 1 is 1.15 bits per heavy atom. The third kappa shape index (κ3) is 4.17. The summed E-state index contributed by atoms with van der Waals surface area (Å²) in [4.78, 5) is 1.21. The molecule has 1 atom stereocenters. The highest BCUT2D eigenvalue weighted by Gasteiger charge is 2.06. The molecule has 2 aromatic carbocycles. The van der Waals surface area contributed by atoms with Gasteiger partial charge in [-0.2, -0.15) is 0 Å². The molecule has 2 N–H and O–H groups in total. The molecule has 0 aliphatic rings. The average Bonchev–Trinajstić information content (AvgIpc) is 2.42. The van der Waals surface area contributed by atoms with Crippen LogP contribution in [0.3, 0.4) is 0 Å². The van der Waals surface area contributed by atoms with Gasteiger partial charge in [0.15, 0.2) is 0 Å². The van der Waals surface area contributed by atoms with Crippen molar-refractivity contribution >= 4 is 23.4 Å². The zero-order chi connectivity index (χ0) is 14.5. The van der Waals surface area contributed by atoms with Crippen LogP contribution in [0.4, 0.5) is 0 Å². The van der Waals surface area contributed by atoms with Gasteiger partial charge >= 0.3 is 0 Å². The van der Waals surface area contributed by atoms with E-state index in [9.17, 15) is 0 Å². The molecule has 0 radical (unpaired) electrons. The largest absolute Gasteiger partial charge is 0.457 e. The van der Waals surface area contributed by atoms with Gasteiger partial charge in [0, 0.05) is 16.0 Å². The second kappa shape index (κ2) is 7.02. The van der Waals surface area contributed by atoms with E-state index in [2.05, 4.69) is 0 Å². The van der Waals surface area contributed by atoms with E-state index in [0.29, 0.717) is 5.02 Å². The van der Waals surface area contributed by atoms with Crippen LogP contribution < -0.4 is 10.5 Å². The van der Waals surface area contributed by atoms with Crippen molar-refractivity contribution in [2.24, 2.45) is 5.73 Å². The monoisotopic (exact) mass is 307 g/mol. The van der Waals surface area contributed by atoms with Gasteiger partial charge in [-0.3, -0.25) is 0 Å². The molecule has 1 unspecified atom stereocenters. The summed E-state index contributed by atoms with van der Waals surface area (Å²) in [6.07, 6.45) is 2.81. The van der Waals surface area contributed by atoms with Crippen molar-refractivity contribution in [3.8, 4) is 11.5 Å². The van der Waals surface area contributed by atoms with Crippen molar-refractivity contribution < 1.29 is 4.74 Å². The number of halogens is 1. The van der Waals surface area contributed by atoms with Gasteiger partial charge in [0.25, 0.3) is 0 Å². The highest BCUT2D eigenvalue weighted by Crippen LogP contribution is 2.28. The van der Waals surface area contributed by atoms with Gasteiger partial charge in [0.05, 0.1) is 0 Å². The SMILES string of the molecule is CSc1ccc(Oc2ccc(CC(C)N)c(Cl)c2)cc1. The quantitative estimate of drug-likeness (QED) is 0.810. The summed E-state index contributed by atoms with van der Waals surface area (Å²) in [6, 6.07) is 13.8. The van der Waals surface area contributed by atoms with E-state index in [-0.39, 0.29) is 6.04 Å². The highest BCUT2D eigenvalue weighted by atomic mass is 35.5. The Hall–Kier alpha value is -1.16. The van der Waals surface area contributed by atoms with Crippen molar-refractivity contribution in [2.45, 2.75) is 24.3 Å². The molecule has 0 fully saturated rings. The van der Waals surface area contributed by atoms with Crippen molar-refractivity contribution in [3.63, 3.8) is 0 Å². The Balaban J connectivity index is 2.11. The van der Waals surface area contributed by atoms with Gasteiger partial charge in [-0.1, -0.05) is 17.7 Å². The lowest BCUT2D eigenvalue weighted by Crippen LogP contribution is -2.17. The van der Waals surface area contributed by atoms with Crippen molar-refractivity contribution in [1.29, 1.82) is 0 Å². The van der Waals surface area contributed by atoms with Crippen molar-refractivity contribution in [2.75, 3.05) is 6.26 Å². The summed E-state index contributed by atoms with van der Waals surface area (Å²) in [7, 11) is 0. The number of hydrogen-bond donors (Lipinski definition) is 1. The van der Waals surface area contributed by atoms with Gasteiger partial charge in [-0.25, -0.2) is 0 Å². The molecule has 0 amide bonds. The number of ether oxygens (including phenoxy) is 1. The molecule has 0 aliphatic heterocycles. The molecule has 0 bridgehead atoms. The van der Waals surface area contributed by atoms with Crippen molar-refractivity contribution in [3.05, 3.63) is 53.1 Å². The minimum Gasteiger partial charge on any atom is -0.457 e. The maximum atomic E-state index is 6.25. The molecule has 0 aliphatic carbocycles. The molecule has 0 heterocycles. The fourth-order valence-corrected chi connectivity index (χ4v) is 2.54. The first-order valence-electron chi connectivity index (χ1n) is 6.44. The zero-order valence-electron chi connectivity index (χ0n) is 11.6. The fourth-order valence-electron chi connectivity index (χ4n) is 1.88. The minimum absolute atomic E-state index is 0.0957. The molecule has 0 aromatic heterocycles. The molecule has 0 spiro atoms. The van der Waals surface area contributed by atoms with Gasteiger partial charge in [0.2, 0.25) is 0 Å². The van der Waals surface area contributed by atoms with Crippen LogP contribution in [-0.4, -0.2) is 12.3 Å². The number of nitrogens with two attached hydrogens (primary N) is 1. The summed E-state index contributed by atoms with van der Waals surface area (Å²) in [6.45, 7) is 1.97. The van der Waals surface area contributed by atoms with Crippen LogP contribution in [0.25, 0.3) is 0 Å². The maximum Gasteiger partial charge on any atom is 0.128 e. The smallest absolute Gasteiger partial charge is 0.128 e. The summed E-state index contributed by atoms with van der Waals surface area (Å²) in [5, 5.41) is 0.695. The zero-order valence-corrected chi connectivity index (χ0v) is 13.2. The maximum absolute atomic E-state index is 6.25. The van der Waals surface area contributed by atoms with E-state index < -0.39 is 0 Å². The molecule has 2 rings (SSSR count). The first-order chi connectivity index (χ1) is 9.58. The average molecular weight is 308 g/mol. The normalized spacial score (nSPS) is 12.2. The lowest BCUT2D eigenvalue weighted by atomic mass is 10.1. The van der Waals surface area contributed by atoms with E-state index in [1.54, 1.807) is 11.8 Å². The molecule has 106 valence electrons. The first kappa shape index (κ1) is 15.2. The van der Waals surface area contributed by atoms with Gasteiger partial charge in [-0.05, 0) is 61.6 Å². The van der Waals surface area contributed by atoms with Gasteiger partial charge < -0.3 is 10.5 Å². The Bertz CT molecular complexity index is 569. The highest BCUT2D eigenvalue weighted by molar-refractivity contribution is 7.98. The number of benzene rings is 2. The van der Waals surface area contributed by atoms with Crippen LogP contribution in [0.1, 0.15) is 12.5 Å². The third-order valence-electron chi connectivity index (χ3n) is 2.86. The Morgan fingerprint density at radius 3 is 2.35 bits per heavy atom. The molecule has 4 heteroatoms. The van der Waals surface area contributed by atoms with E-state index in [1.807, 2.05) is 55.6 Å². The summed E-state index contributed by atoms with van der Waals surface area (Å²) in [5.74, 6) is 1.54. The standard InChI is InChI=1S/C16H18ClNOS/c1-11(18)9-12-3-4-14(10-16(12)17)19-13-5-7-15(20-2)8-6-13/h3-8,10-11H,9,18H2,1-2H3. The lowest BCUT2D eigenvalue weighted by Gasteiger charge is -2.10. The Kier molecular flexibility index (Phi) is 5.35. The lowest BCUT2D eigenvalue weighted by molar-refractivity contribution is 0.482. The number of rotatable bonds is 5. The van der Waals surface area contributed by atoms with Gasteiger partial charge in [0.1, 0.15) is 11.5 Å². The molecule has 0 saturated heterocycles. The van der Waals surface area contributed by atoms with E-state index in [4.69, 9.17) is 22.1 Å². The molecule has 20 heavy (non-hydrogen) atoms. The van der Waals surface area contributed by atoms with E-state index in [0.717, 1.165) is 23.5 Å². The second-order valence-electron chi connectivity index (χ2n) is 4.71. The fraction of sp³-hybridized carbons (Fsp3) is 0.250. The Labute approximate surface area is 129 Å². The molecular formula is C16H18ClNOS. The summed E-state index contributed by atoms with van der Waals surface area (Å²) in [5.41, 5.74) is 6.84. The van der Waals surface area contributed by atoms with Crippen LogP contribution >= 0.6 is 23.4 Å². The van der Waals surface area contributed by atoms with Crippen molar-refractivity contribution in [1.82, 2.24) is 0 Å². The van der Waals surface area contributed by atoms with Crippen LogP contribution in [0.2, 0.25) is 5.02 Å². The van der Waals surface area contributed by atoms with Crippen LogP contribution in [0.5, 0.6) is 11.5 Å². The van der Waals surface area contributed by atoms with Crippen LogP contribution in [0.15, 0.2) is 47.4 Å². The first-order valence-corrected chi connectivity index (χ1v) is 8.04. The van der Waals surface area contributed by atoms with Gasteiger partial charge in [-0.15, -0.1) is 11.8 Å².